The highest BCUT2D eigenvalue weighted by atomic mass is 16.5. The van der Waals surface area contributed by atoms with Crippen molar-refractivity contribution >= 4 is 28.5 Å². The Morgan fingerprint density at radius 1 is 1.07 bits per heavy atom. The molecule has 0 aliphatic carbocycles. The van der Waals surface area contributed by atoms with Gasteiger partial charge in [-0.2, -0.15) is 0 Å². The summed E-state index contributed by atoms with van der Waals surface area (Å²) in [5, 5.41) is 3.36. The van der Waals surface area contributed by atoms with Gasteiger partial charge in [-0.25, -0.2) is 15.0 Å². The quantitative estimate of drug-likeness (QED) is 0.481. The van der Waals surface area contributed by atoms with Crippen molar-refractivity contribution in [3.8, 4) is 11.1 Å². The molecule has 4 rings (SSSR count). The van der Waals surface area contributed by atoms with Gasteiger partial charge in [0.1, 0.15) is 6.33 Å². The minimum atomic E-state index is 0.0429. The zero-order valence-corrected chi connectivity index (χ0v) is 16.3. The van der Waals surface area contributed by atoms with Crippen LogP contribution in [0.15, 0.2) is 61.2 Å². The van der Waals surface area contributed by atoms with E-state index in [4.69, 9.17) is 9.72 Å². The molecule has 29 heavy (non-hydrogen) atoms. The minimum absolute atomic E-state index is 0.0429. The van der Waals surface area contributed by atoms with Gasteiger partial charge in [-0.15, -0.1) is 0 Å². The Labute approximate surface area is 168 Å². The van der Waals surface area contributed by atoms with Gasteiger partial charge in [0.25, 0.3) is 0 Å². The molecule has 0 unspecified atom stereocenters. The molecule has 0 amide bonds. The number of benzene rings is 2. The molecule has 0 radical (unpaired) electrons. The van der Waals surface area contributed by atoms with Crippen LogP contribution >= 0.6 is 0 Å². The number of anilines is 2. The Morgan fingerprint density at radius 3 is 2.52 bits per heavy atom. The van der Waals surface area contributed by atoms with Crippen molar-refractivity contribution in [3.63, 3.8) is 0 Å². The molecule has 146 valence electrons. The van der Waals surface area contributed by atoms with E-state index in [9.17, 15) is 4.79 Å². The molecule has 0 saturated carbocycles. The smallest absolute Gasteiger partial charge is 0.208 e. The maximum atomic E-state index is 11.5. The van der Waals surface area contributed by atoms with E-state index in [1.54, 1.807) is 38.6 Å². The maximum absolute atomic E-state index is 11.5. The van der Waals surface area contributed by atoms with E-state index in [-0.39, 0.29) is 5.78 Å². The van der Waals surface area contributed by atoms with Crippen molar-refractivity contribution in [1.29, 1.82) is 0 Å². The number of rotatable bonds is 7. The number of carbonyl (C=O) groups excluding carboxylic acids is 1. The monoisotopic (exact) mass is 387 g/mol. The lowest BCUT2D eigenvalue weighted by Gasteiger charge is -2.11. The van der Waals surface area contributed by atoms with Gasteiger partial charge in [-0.1, -0.05) is 6.07 Å². The molecule has 0 aliphatic rings. The summed E-state index contributed by atoms with van der Waals surface area (Å²) >= 11 is 0. The highest BCUT2D eigenvalue weighted by Crippen LogP contribution is 2.27. The zero-order chi connectivity index (χ0) is 20.2. The van der Waals surface area contributed by atoms with Crippen LogP contribution in [0.25, 0.3) is 22.2 Å². The molecule has 0 spiro atoms. The fraction of sp³-hybridized carbons (Fsp3) is 0.182. The zero-order valence-electron chi connectivity index (χ0n) is 16.3. The van der Waals surface area contributed by atoms with Gasteiger partial charge in [0.15, 0.2) is 5.78 Å². The van der Waals surface area contributed by atoms with Crippen LogP contribution in [0, 0.1) is 0 Å². The van der Waals surface area contributed by atoms with Gasteiger partial charge in [0.2, 0.25) is 5.95 Å². The first-order valence-corrected chi connectivity index (χ1v) is 9.28. The first kappa shape index (κ1) is 18.8. The van der Waals surface area contributed by atoms with E-state index in [2.05, 4.69) is 19.9 Å². The average molecular weight is 387 g/mol. The summed E-state index contributed by atoms with van der Waals surface area (Å²) in [5.74, 6) is 0.760. The summed E-state index contributed by atoms with van der Waals surface area (Å²) in [7, 11) is 1.68. The Balaban J connectivity index is 1.72. The second kappa shape index (κ2) is 8.20. The number of imidazole rings is 1. The van der Waals surface area contributed by atoms with Crippen LogP contribution in [0.4, 0.5) is 11.6 Å². The first-order valence-electron chi connectivity index (χ1n) is 9.28. The van der Waals surface area contributed by atoms with Gasteiger partial charge in [0.05, 0.1) is 17.6 Å². The molecule has 7 nitrogen and oxygen atoms in total. The predicted molar refractivity (Wildman–Crippen MR) is 112 cm³/mol. The summed E-state index contributed by atoms with van der Waals surface area (Å²) in [5.41, 5.74) is 5.36. The Kier molecular flexibility index (Phi) is 5.31. The Hall–Kier alpha value is -3.58. The van der Waals surface area contributed by atoms with Crippen LogP contribution in [-0.2, 0) is 11.3 Å². The summed E-state index contributed by atoms with van der Waals surface area (Å²) in [6.45, 7) is 2.79. The standard InChI is InChI=1S/C22H21N5O2/c1-15(28)16-3-6-19(7-4-16)25-22-26-20-11-17(18-12-23-14-24-13-18)5-8-21(20)27(22)9-10-29-2/h3-8,11-14H,9-10H2,1-2H3,(H,25,26). The molecule has 1 N–H and O–H groups in total. The van der Waals surface area contributed by atoms with Crippen molar-refractivity contribution in [2.24, 2.45) is 0 Å². The number of carbonyl (C=O) groups is 1. The summed E-state index contributed by atoms with van der Waals surface area (Å²) in [6.07, 6.45) is 5.08. The number of aromatic nitrogens is 4. The molecule has 4 aromatic rings. The largest absolute Gasteiger partial charge is 0.383 e. The van der Waals surface area contributed by atoms with Crippen LogP contribution in [0.2, 0.25) is 0 Å². The number of hydrogen-bond donors (Lipinski definition) is 1. The summed E-state index contributed by atoms with van der Waals surface area (Å²) in [6, 6.07) is 13.5. The van der Waals surface area contributed by atoms with Gasteiger partial charge in [-0.05, 0) is 48.9 Å². The second-order valence-electron chi connectivity index (χ2n) is 6.67. The molecule has 0 saturated heterocycles. The van der Waals surface area contributed by atoms with Crippen molar-refractivity contribution in [1.82, 2.24) is 19.5 Å². The number of nitrogens with zero attached hydrogens (tertiary/aromatic N) is 4. The van der Waals surface area contributed by atoms with Crippen LogP contribution in [0.1, 0.15) is 17.3 Å². The normalized spacial score (nSPS) is 11.0. The SMILES string of the molecule is COCCn1c(Nc2ccc(C(C)=O)cc2)nc2cc(-c3cncnc3)ccc21. The third kappa shape index (κ3) is 4.00. The number of Topliss-reactive ketones (excluding diaryl/α,β-unsaturated/α-hetero) is 1. The number of methoxy groups -OCH3 is 1. The van der Waals surface area contributed by atoms with E-state index in [1.807, 2.05) is 30.3 Å². The van der Waals surface area contributed by atoms with Gasteiger partial charge < -0.3 is 14.6 Å². The molecule has 2 heterocycles. The molecule has 7 heteroatoms. The number of fused-ring (bicyclic) bond motifs is 1. The highest BCUT2D eigenvalue weighted by molar-refractivity contribution is 5.94. The van der Waals surface area contributed by atoms with E-state index < -0.39 is 0 Å². The maximum Gasteiger partial charge on any atom is 0.208 e. The average Bonchev–Trinajstić information content (AvgIpc) is 3.09. The third-order valence-electron chi connectivity index (χ3n) is 4.71. The van der Waals surface area contributed by atoms with Gasteiger partial charge in [0, 0.05) is 42.9 Å². The molecule has 0 aliphatic heterocycles. The number of nitrogens with one attached hydrogen (secondary N) is 1. The molecule has 2 aromatic carbocycles. The molecule has 0 bridgehead atoms. The fourth-order valence-electron chi connectivity index (χ4n) is 3.18. The minimum Gasteiger partial charge on any atom is -0.383 e. The number of ether oxygens (including phenoxy) is 1. The number of hydrogen-bond acceptors (Lipinski definition) is 6. The Bertz CT molecular complexity index is 1140. The second-order valence-corrected chi connectivity index (χ2v) is 6.67. The first-order chi connectivity index (χ1) is 14.2. The van der Waals surface area contributed by atoms with E-state index in [0.717, 1.165) is 27.8 Å². The molecule has 0 atom stereocenters. The summed E-state index contributed by atoms with van der Waals surface area (Å²) in [4.78, 5) is 24.5. The third-order valence-corrected chi connectivity index (χ3v) is 4.71. The van der Waals surface area contributed by atoms with Crippen LogP contribution in [-0.4, -0.2) is 39.0 Å². The van der Waals surface area contributed by atoms with Gasteiger partial charge in [-0.3, -0.25) is 4.79 Å². The van der Waals surface area contributed by atoms with Crippen LogP contribution in [0.5, 0.6) is 0 Å². The van der Waals surface area contributed by atoms with Crippen molar-refractivity contribution in [2.45, 2.75) is 13.5 Å². The topological polar surface area (TPSA) is 81.9 Å². The molecular weight excluding hydrogens is 366 g/mol. The van der Waals surface area contributed by atoms with E-state index in [1.165, 1.54) is 6.33 Å². The van der Waals surface area contributed by atoms with E-state index in [0.29, 0.717) is 24.7 Å². The van der Waals surface area contributed by atoms with Crippen molar-refractivity contribution in [2.75, 3.05) is 19.0 Å². The Morgan fingerprint density at radius 2 is 1.83 bits per heavy atom. The fourth-order valence-corrected chi connectivity index (χ4v) is 3.18. The lowest BCUT2D eigenvalue weighted by atomic mass is 10.1. The van der Waals surface area contributed by atoms with Crippen LogP contribution < -0.4 is 5.32 Å². The lowest BCUT2D eigenvalue weighted by Crippen LogP contribution is -2.08. The summed E-state index contributed by atoms with van der Waals surface area (Å²) < 4.78 is 7.36. The number of ketones is 1. The van der Waals surface area contributed by atoms with Crippen LogP contribution in [0.3, 0.4) is 0 Å². The van der Waals surface area contributed by atoms with Gasteiger partial charge >= 0.3 is 0 Å². The predicted octanol–water partition coefficient (Wildman–Crippen LogP) is 4.09. The van der Waals surface area contributed by atoms with Crippen molar-refractivity contribution in [3.05, 3.63) is 66.7 Å². The molecule has 0 fully saturated rings. The lowest BCUT2D eigenvalue weighted by molar-refractivity contribution is 0.101. The highest BCUT2D eigenvalue weighted by Gasteiger charge is 2.12. The van der Waals surface area contributed by atoms with E-state index >= 15 is 0 Å². The van der Waals surface area contributed by atoms with Crippen molar-refractivity contribution < 1.29 is 9.53 Å². The molecule has 2 aromatic heterocycles. The molecular formula is C22H21N5O2.